The van der Waals surface area contributed by atoms with E-state index in [9.17, 15) is 0 Å². The van der Waals surface area contributed by atoms with Gasteiger partial charge in [-0.25, -0.2) is 0 Å². The van der Waals surface area contributed by atoms with E-state index in [1.54, 1.807) is 7.11 Å². The van der Waals surface area contributed by atoms with E-state index >= 15 is 0 Å². The lowest BCUT2D eigenvalue weighted by Crippen LogP contribution is -2.15. The zero-order valence-corrected chi connectivity index (χ0v) is 13.5. The summed E-state index contributed by atoms with van der Waals surface area (Å²) in [6, 6.07) is 11.1. The molecule has 1 heterocycles. The monoisotopic (exact) mass is 289 g/mol. The van der Waals surface area contributed by atoms with Crippen LogP contribution in [0.1, 0.15) is 33.3 Å². The molecule has 20 heavy (non-hydrogen) atoms. The molecule has 3 heteroatoms. The van der Waals surface area contributed by atoms with Crippen molar-refractivity contribution in [2.45, 2.75) is 32.7 Å². The third kappa shape index (κ3) is 3.62. The van der Waals surface area contributed by atoms with E-state index in [2.05, 4.69) is 37.4 Å². The van der Waals surface area contributed by atoms with E-state index in [0.29, 0.717) is 6.04 Å². The van der Waals surface area contributed by atoms with Gasteiger partial charge < -0.3 is 10.1 Å². The van der Waals surface area contributed by atoms with Crippen molar-refractivity contribution in [3.05, 3.63) is 51.2 Å². The molecule has 2 rings (SSSR count). The average Bonchev–Trinajstić information content (AvgIpc) is 2.80. The molecule has 1 aromatic heterocycles. The normalized spacial score (nSPS) is 12.4. The molecule has 1 N–H and O–H groups in total. The van der Waals surface area contributed by atoms with Gasteiger partial charge in [0, 0.05) is 15.8 Å². The van der Waals surface area contributed by atoms with Gasteiger partial charge in [0.05, 0.1) is 7.11 Å². The van der Waals surface area contributed by atoms with Crippen molar-refractivity contribution in [3.8, 4) is 5.75 Å². The minimum atomic E-state index is 0.439. The minimum absolute atomic E-state index is 0.439. The maximum atomic E-state index is 5.19. The van der Waals surface area contributed by atoms with Crippen molar-refractivity contribution in [3.63, 3.8) is 0 Å². The van der Waals surface area contributed by atoms with Crippen LogP contribution in [0.2, 0.25) is 0 Å². The van der Waals surface area contributed by atoms with E-state index in [1.165, 1.54) is 20.9 Å². The zero-order valence-electron chi connectivity index (χ0n) is 12.7. The summed E-state index contributed by atoms with van der Waals surface area (Å²) in [7, 11) is 3.75. The predicted molar refractivity (Wildman–Crippen MR) is 86.9 cm³/mol. The molecule has 1 aromatic carbocycles. The van der Waals surface area contributed by atoms with Crippen LogP contribution in [0, 0.1) is 13.8 Å². The molecule has 0 amide bonds. The Morgan fingerprint density at radius 2 is 1.90 bits per heavy atom. The Kier molecular flexibility index (Phi) is 5.21. The first-order chi connectivity index (χ1) is 9.63. The van der Waals surface area contributed by atoms with Gasteiger partial charge in [-0.3, -0.25) is 0 Å². The summed E-state index contributed by atoms with van der Waals surface area (Å²) in [4.78, 5) is 2.86. The van der Waals surface area contributed by atoms with Crippen LogP contribution in [0.4, 0.5) is 0 Å². The molecular formula is C17H23NOS. The molecule has 1 unspecified atom stereocenters. The van der Waals surface area contributed by atoms with Crippen molar-refractivity contribution >= 4 is 11.3 Å². The van der Waals surface area contributed by atoms with Gasteiger partial charge in [-0.2, -0.15) is 0 Å². The first-order valence-corrected chi connectivity index (χ1v) is 7.82. The molecule has 0 aliphatic heterocycles. The molecule has 0 saturated carbocycles. The fraction of sp³-hybridized carbons (Fsp3) is 0.412. The molecule has 0 aliphatic rings. The van der Waals surface area contributed by atoms with Gasteiger partial charge in [0.2, 0.25) is 0 Å². The predicted octanol–water partition coefficient (Wildman–Crippen LogP) is 4.27. The topological polar surface area (TPSA) is 21.3 Å². The number of aryl methyl sites for hydroxylation is 3. The second-order valence-electron chi connectivity index (χ2n) is 5.12. The van der Waals surface area contributed by atoms with Crippen molar-refractivity contribution in [2.75, 3.05) is 14.2 Å². The van der Waals surface area contributed by atoms with Crippen LogP contribution in [0.5, 0.6) is 5.75 Å². The number of hydrogen-bond acceptors (Lipinski definition) is 3. The van der Waals surface area contributed by atoms with Gasteiger partial charge in [-0.05, 0) is 63.1 Å². The van der Waals surface area contributed by atoms with Crippen LogP contribution >= 0.6 is 11.3 Å². The summed E-state index contributed by atoms with van der Waals surface area (Å²) in [5.74, 6) is 0.920. The Morgan fingerprint density at radius 3 is 2.40 bits per heavy atom. The van der Waals surface area contributed by atoms with E-state index < -0.39 is 0 Å². The van der Waals surface area contributed by atoms with E-state index in [4.69, 9.17) is 4.74 Å². The number of thiophene rings is 1. The van der Waals surface area contributed by atoms with Crippen LogP contribution < -0.4 is 10.1 Å². The molecular weight excluding hydrogens is 266 g/mol. The van der Waals surface area contributed by atoms with Crippen LogP contribution in [0.3, 0.4) is 0 Å². The number of nitrogens with one attached hydrogen (secondary N) is 1. The number of benzene rings is 1. The highest BCUT2D eigenvalue weighted by Gasteiger charge is 2.13. The molecule has 0 fully saturated rings. The molecule has 108 valence electrons. The quantitative estimate of drug-likeness (QED) is 0.857. The molecule has 2 aromatic rings. The lowest BCUT2D eigenvalue weighted by Gasteiger charge is -2.14. The Balaban J connectivity index is 1.99. The summed E-state index contributed by atoms with van der Waals surface area (Å²) in [6.07, 6.45) is 2.19. The maximum Gasteiger partial charge on any atom is 0.118 e. The van der Waals surface area contributed by atoms with Crippen molar-refractivity contribution in [1.29, 1.82) is 0 Å². The van der Waals surface area contributed by atoms with E-state index in [0.717, 1.165) is 18.6 Å². The largest absolute Gasteiger partial charge is 0.497 e. The van der Waals surface area contributed by atoms with Gasteiger partial charge in [0.25, 0.3) is 0 Å². The molecule has 1 atom stereocenters. The standard InChI is InChI=1S/C17H23NOS/c1-12-11-17(20-13(12)2)16(18-3)10-7-14-5-8-15(19-4)9-6-14/h5-6,8-9,11,16,18H,7,10H2,1-4H3. The SMILES string of the molecule is CNC(CCc1ccc(OC)cc1)c1cc(C)c(C)s1. The molecule has 2 nitrogen and oxygen atoms in total. The Morgan fingerprint density at radius 1 is 1.20 bits per heavy atom. The molecule has 0 spiro atoms. The van der Waals surface area contributed by atoms with E-state index in [-0.39, 0.29) is 0 Å². The lowest BCUT2D eigenvalue weighted by atomic mass is 10.0. The number of methoxy groups -OCH3 is 1. The molecule has 0 aliphatic carbocycles. The van der Waals surface area contributed by atoms with Gasteiger partial charge >= 0.3 is 0 Å². The summed E-state index contributed by atoms with van der Waals surface area (Å²) < 4.78 is 5.19. The summed E-state index contributed by atoms with van der Waals surface area (Å²) >= 11 is 1.91. The van der Waals surface area contributed by atoms with Crippen LogP contribution in [-0.2, 0) is 6.42 Å². The minimum Gasteiger partial charge on any atom is -0.497 e. The fourth-order valence-corrected chi connectivity index (χ4v) is 3.49. The third-order valence-electron chi connectivity index (χ3n) is 3.76. The van der Waals surface area contributed by atoms with Crippen molar-refractivity contribution < 1.29 is 4.74 Å². The molecule has 0 bridgehead atoms. The van der Waals surface area contributed by atoms with E-state index in [1.807, 2.05) is 30.5 Å². The van der Waals surface area contributed by atoms with Gasteiger partial charge in [-0.1, -0.05) is 12.1 Å². The molecule has 0 radical (unpaired) electrons. The highest BCUT2D eigenvalue weighted by atomic mass is 32.1. The zero-order chi connectivity index (χ0) is 14.5. The van der Waals surface area contributed by atoms with Gasteiger partial charge in [-0.15, -0.1) is 11.3 Å². The number of ether oxygens (including phenoxy) is 1. The van der Waals surface area contributed by atoms with Crippen molar-refractivity contribution in [1.82, 2.24) is 5.32 Å². The smallest absolute Gasteiger partial charge is 0.118 e. The van der Waals surface area contributed by atoms with Crippen LogP contribution in [0.15, 0.2) is 30.3 Å². The second kappa shape index (κ2) is 6.91. The highest BCUT2D eigenvalue weighted by molar-refractivity contribution is 7.12. The Hall–Kier alpha value is -1.32. The van der Waals surface area contributed by atoms with Crippen LogP contribution in [-0.4, -0.2) is 14.2 Å². The van der Waals surface area contributed by atoms with Gasteiger partial charge in [0.15, 0.2) is 0 Å². The first-order valence-electron chi connectivity index (χ1n) is 7.01. The van der Waals surface area contributed by atoms with Crippen molar-refractivity contribution in [2.24, 2.45) is 0 Å². The Labute approximate surface area is 125 Å². The average molecular weight is 289 g/mol. The first kappa shape index (κ1) is 15.1. The Bertz CT molecular complexity index is 525. The summed E-state index contributed by atoms with van der Waals surface area (Å²) in [5.41, 5.74) is 2.76. The second-order valence-corrected chi connectivity index (χ2v) is 6.40. The molecule has 0 saturated heterocycles. The van der Waals surface area contributed by atoms with Crippen LogP contribution in [0.25, 0.3) is 0 Å². The number of rotatable bonds is 6. The maximum absolute atomic E-state index is 5.19. The summed E-state index contributed by atoms with van der Waals surface area (Å²) in [6.45, 7) is 4.38. The lowest BCUT2D eigenvalue weighted by molar-refractivity contribution is 0.414. The summed E-state index contributed by atoms with van der Waals surface area (Å²) in [5, 5.41) is 3.44. The fourth-order valence-electron chi connectivity index (χ4n) is 2.31. The highest BCUT2D eigenvalue weighted by Crippen LogP contribution is 2.29. The van der Waals surface area contributed by atoms with Gasteiger partial charge in [0.1, 0.15) is 5.75 Å². The number of hydrogen-bond donors (Lipinski definition) is 1. The third-order valence-corrected chi connectivity index (χ3v) is 5.02.